The van der Waals surface area contributed by atoms with Crippen LogP contribution in [0.15, 0.2) is 23.3 Å². The van der Waals surface area contributed by atoms with Gasteiger partial charge >= 0.3 is 0 Å². The van der Waals surface area contributed by atoms with Crippen LogP contribution in [0.5, 0.6) is 0 Å². The number of rotatable bonds is 1. The first kappa shape index (κ1) is 16.0. The van der Waals surface area contributed by atoms with Gasteiger partial charge in [-0.2, -0.15) is 0 Å². The van der Waals surface area contributed by atoms with E-state index in [0.717, 1.165) is 31.3 Å². The fourth-order valence-electron chi connectivity index (χ4n) is 6.51. The van der Waals surface area contributed by atoms with Gasteiger partial charge in [-0.05, 0) is 61.5 Å². The lowest BCUT2D eigenvalue weighted by molar-refractivity contribution is -0.143. The Morgan fingerprint density at radius 2 is 1.92 bits per heavy atom. The average Bonchev–Trinajstić information content (AvgIpc) is 2.84. The van der Waals surface area contributed by atoms with Crippen molar-refractivity contribution in [2.45, 2.75) is 59.3 Å². The fraction of sp³-hybridized carbons (Fsp3) is 0.667. The molecule has 3 heteroatoms. The molecule has 0 saturated heterocycles. The molecule has 4 aliphatic rings. The third-order valence-corrected chi connectivity index (χ3v) is 7.62. The highest BCUT2D eigenvalue weighted by Crippen LogP contribution is 2.64. The van der Waals surface area contributed by atoms with Gasteiger partial charge in [0.25, 0.3) is 0 Å². The van der Waals surface area contributed by atoms with Crippen molar-refractivity contribution in [2.75, 3.05) is 0 Å². The van der Waals surface area contributed by atoms with Crippen molar-refractivity contribution in [3.05, 3.63) is 23.3 Å². The topological polar surface area (TPSA) is 51.2 Å². The van der Waals surface area contributed by atoms with Crippen LogP contribution in [-0.4, -0.2) is 17.3 Å². The van der Waals surface area contributed by atoms with Gasteiger partial charge in [-0.3, -0.25) is 14.4 Å². The Hall–Kier alpha value is -1.51. The van der Waals surface area contributed by atoms with E-state index in [1.807, 2.05) is 6.08 Å². The molecule has 0 aromatic heterocycles. The van der Waals surface area contributed by atoms with Gasteiger partial charge in [0.15, 0.2) is 11.6 Å². The van der Waals surface area contributed by atoms with Crippen LogP contribution < -0.4 is 0 Å². The molecule has 0 radical (unpaired) electrons. The lowest BCUT2D eigenvalue weighted by atomic mass is 9.46. The Morgan fingerprint density at radius 1 is 1.17 bits per heavy atom. The molecule has 0 amide bonds. The maximum atomic E-state index is 13.2. The van der Waals surface area contributed by atoms with E-state index in [0.29, 0.717) is 30.5 Å². The zero-order valence-corrected chi connectivity index (χ0v) is 14.9. The third-order valence-electron chi connectivity index (χ3n) is 7.62. The highest BCUT2D eigenvalue weighted by Gasteiger charge is 2.60. The van der Waals surface area contributed by atoms with Crippen molar-refractivity contribution < 1.29 is 14.4 Å². The largest absolute Gasteiger partial charge is 0.299 e. The smallest absolute Gasteiger partial charge is 0.156 e. The summed E-state index contributed by atoms with van der Waals surface area (Å²) in [7, 11) is 0. The number of carbonyl (C=O) groups excluding carboxylic acids is 3. The van der Waals surface area contributed by atoms with Gasteiger partial charge in [-0.15, -0.1) is 0 Å². The second kappa shape index (κ2) is 5.00. The Bertz CT molecular complexity index is 713. The van der Waals surface area contributed by atoms with E-state index in [4.69, 9.17) is 0 Å². The molecule has 4 rings (SSSR count). The van der Waals surface area contributed by atoms with E-state index < -0.39 is 0 Å². The van der Waals surface area contributed by atoms with Crippen LogP contribution in [0, 0.1) is 28.6 Å². The summed E-state index contributed by atoms with van der Waals surface area (Å²) in [5.74, 6) is 1.43. The fourth-order valence-corrected chi connectivity index (χ4v) is 6.51. The van der Waals surface area contributed by atoms with Crippen molar-refractivity contribution in [1.82, 2.24) is 0 Å². The maximum absolute atomic E-state index is 13.2. The number of hydrogen-bond donors (Lipinski definition) is 0. The van der Waals surface area contributed by atoms with Gasteiger partial charge in [0, 0.05) is 24.2 Å². The number of Topliss-reactive ketones (excluding diaryl/α,β-unsaturated/α-hetero) is 2. The van der Waals surface area contributed by atoms with Gasteiger partial charge in [-0.1, -0.05) is 25.5 Å². The zero-order chi connectivity index (χ0) is 17.3. The molecule has 0 unspecified atom stereocenters. The van der Waals surface area contributed by atoms with Crippen molar-refractivity contribution in [3.8, 4) is 0 Å². The molecular weight excluding hydrogens is 300 g/mol. The highest BCUT2D eigenvalue weighted by molar-refractivity contribution is 5.98. The Balaban J connectivity index is 1.75. The molecule has 0 spiro atoms. The minimum Gasteiger partial charge on any atom is -0.299 e. The van der Waals surface area contributed by atoms with Gasteiger partial charge in [-0.25, -0.2) is 0 Å². The molecule has 0 aliphatic heterocycles. The minimum absolute atomic E-state index is 0.0309. The quantitative estimate of drug-likeness (QED) is 0.736. The zero-order valence-electron chi connectivity index (χ0n) is 14.9. The molecule has 5 atom stereocenters. The molecule has 24 heavy (non-hydrogen) atoms. The van der Waals surface area contributed by atoms with E-state index >= 15 is 0 Å². The number of fused-ring (bicyclic) bond motifs is 5. The van der Waals surface area contributed by atoms with E-state index in [1.54, 1.807) is 6.92 Å². The van der Waals surface area contributed by atoms with E-state index in [1.165, 1.54) is 5.57 Å². The summed E-state index contributed by atoms with van der Waals surface area (Å²) in [6.07, 6.45) is 8.61. The Labute approximate surface area is 143 Å². The summed E-state index contributed by atoms with van der Waals surface area (Å²) in [6, 6.07) is 0. The molecule has 2 fully saturated rings. The van der Waals surface area contributed by atoms with E-state index in [9.17, 15) is 14.4 Å². The molecular formula is C21H26O3. The first-order valence-electron chi connectivity index (χ1n) is 9.25. The lowest BCUT2D eigenvalue weighted by Crippen LogP contribution is -2.54. The second-order valence-corrected chi connectivity index (χ2v) is 8.81. The summed E-state index contributed by atoms with van der Waals surface area (Å²) in [4.78, 5) is 37.2. The van der Waals surface area contributed by atoms with Gasteiger partial charge in [0.2, 0.25) is 0 Å². The van der Waals surface area contributed by atoms with Crippen LogP contribution in [-0.2, 0) is 14.4 Å². The van der Waals surface area contributed by atoms with Crippen LogP contribution in [0.3, 0.4) is 0 Å². The van der Waals surface area contributed by atoms with Crippen molar-refractivity contribution in [2.24, 2.45) is 28.6 Å². The number of carbonyl (C=O) groups is 3. The van der Waals surface area contributed by atoms with Crippen LogP contribution in [0.1, 0.15) is 59.3 Å². The van der Waals surface area contributed by atoms with Gasteiger partial charge < -0.3 is 0 Å². The Kier molecular flexibility index (Phi) is 3.33. The maximum Gasteiger partial charge on any atom is 0.156 e. The van der Waals surface area contributed by atoms with Gasteiger partial charge in [0.05, 0.1) is 0 Å². The van der Waals surface area contributed by atoms with E-state index in [2.05, 4.69) is 19.9 Å². The molecule has 3 nitrogen and oxygen atoms in total. The summed E-state index contributed by atoms with van der Waals surface area (Å²) in [5, 5.41) is 0. The highest BCUT2D eigenvalue weighted by atomic mass is 16.1. The molecule has 0 bridgehead atoms. The third kappa shape index (κ3) is 1.93. The minimum atomic E-state index is -0.272. The summed E-state index contributed by atoms with van der Waals surface area (Å²) < 4.78 is 0. The average molecular weight is 326 g/mol. The number of hydrogen-bond acceptors (Lipinski definition) is 3. The molecule has 0 aromatic carbocycles. The van der Waals surface area contributed by atoms with Crippen LogP contribution in [0.2, 0.25) is 0 Å². The predicted molar refractivity (Wildman–Crippen MR) is 91.2 cm³/mol. The Morgan fingerprint density at radius 3 is 2.62 bits per heavy atom. The molecule has 0 aromatic rings. The van der Waals surface area contributed by atoms with Crippen LogP contribution in [0.25, 0.3) is 0 Å². The monoisotopic (exact) mass is 326 g/mol. The molecule has 0 heterocycles. The first-order valence-corrected chi connectivity index (χ1v) is 9.25. The number of ketones is 3. The molecule has 0 N–H and O–H groups in total. The predicted octanol–water partition coefficient (Wildman–Crippen LogP) is 3.82. The summed E-state index contributed by atoms with van der Waals surface area (Å²) in [6.45, 7) is 5.97. The second-order valence-electron chi connectivity index (χ2n) is 8.81. The number of allylic oxidation sites excluding steroid dienone is 4. The lowest BCUT2D eigenvalue weighted by Gasteiger charge is -2.56. The first-order chi connectivity index (χ1) is 11.3. The van der Waals surface area contributed by atoms with Crippen molar-refractivity contribution in [3.63, 3.8) is 0 Å². The van der Waals surface area contributed by atoms with Crippen LogP contribution in [0.4, 0.5) is 0 Å². The van der Waals surface area contributed by atoms with E-state index in [-0.39, 0.29) is 28.3 Å². The molecule has 2 saturated carbocycles. The molecule has 4 aliphatic carbocycles. The molecule has 128 valence electrons. The normalized spacial score (nSPS) is 44.2. The van der Waals surface area contributed by atoms with Crippen molar-refractivity contribution in [1.29, 1.82) is 0 Å². The van der Waals surface area contributed by atoms with Crippen molar-refractivity contribution >= 4 is 17.3 Å². The summed E-state index contributed by atoms with van der Waals surface area (Å²) >= 11 is 0. The summed E-state index contributed by atoms with van der Waals surface area (Å²) in [5.41, 5.74) is 1.67. The standard InChI is InChI=1S/C21H26O3/c1-12(22)16-6-7-17-15-5-4-13-10-14(23)8-9-20(13,2)19(15)18(24)11-21(16,17)3/h6,10,15,17,19H,4-5,7-9,11H2,1-3H3/t15-,17-,19+,20+,21+/m1/s1. The van der Waals surface area contributed by atoms with Gasteiger partial charge in [0.1, 0.15) is 5.78 Å². The van der Waals surface area contributed by atoms with Crippen LogP contribution >= 0.6 is 0 Å². The SMILES string of the molecule is CC(=O)C1=CC[C@@H]2[C@H]3CCC4=CC(=O)CC[C@]4(C)[C@@H]3C(=O)C[C@@]12C.